The highest BCUT2D eigenvalue weighted by atomic mass is 127. The zero-order valence-corrected chi connectivity index (χ0v) is 20.5. The highest BCUT2D eigenvalue weighted by Crippen LogP contribution is 2.27. The molecule has 0 saturated heterocycles. The third kappa shape index (κ3) is 7.46. The zero-order valence-electron chi connectivity index (χ0n) is 18.2. The summed E-state index contributed by atoms with van der Waals surface area (Å²) in [6.07, 6.45) is 3.90. The molecule has 0 unspecified atom stereocenters. The fraction of sp³-hybridized carbons (Fsp3) is 0.304. The number of guanidine groups is 1. The fourth-order valence-corrected chi connectivity index (χ4v) is 3.03. The van der Waals surface area contributed by atoms with E-state index < -0.39 is 0 Å². The number of benzene rings is 2. The van der Waals surface area contributed by atoms with E-state index >= 15 is 0 Å². The summed E-state index contributed by atoms with van der Waals surface area (Å²) in [4.78, 5) is 4.68. The van der Waals surface area contributed by atoms with Crippen molar-refractivity contribution in [1.29, 1.82) is 0 Å². The van der Waals surface area contributed by atoms with Gasteiger partial charge in [0, 0.05) is 24.8 Å². The van der Waals surface area contributed by atoms with Gasteiger partial charge in [0.2, 0.25) is 0 Å². The quantitative estimate of drug-likeness (QED) is 0.248. The Bertz CT molecular complexity index is 960. The number of hydrogen-bond donors (Lipinski definition) is 2. The molecule has 8 heteroatoms. The van der Waals surface area contributed by atoms with Gasteiger partial charge >= 0.3 is 0 Å². The fourth-order valence-electron chi connectivity index (χ4n) is 3.03. The first-order valence-corrected chi connectivity index (χ1v) is 10.00. The number of hydrogen-bond acceptors (Lipinski definition) is 4. The maximum absolute atomic E-state index is 5.37. The SMILES string of the molecule is CCNC(=NCc1cnn(Cc2ccccc2)c1)NCc1ccc(OC)c(OC)c1.I. The number of aromatic nitrogens is 2. The molecule has 2 aromatic carbocycles. The molecule has 166 valence electrons. The third-order valence-corrected chi connectivity index (χ3v) is 4.55. The summed E-state index contributed by atoms with van der Waals surface area (Å²) in [5.74, 6) is 2.18. The number of methoxy groups -OCH3 is 2. The maximum atomic E-state index is 5.37. The molecule has 0 spiro atoms. The largest absolute Gasteiger partial charge is 0.493 e. The van der Waals surface area contributed by atoms with Gasteiger partial charge in [-0.15, -0.1) is 24.0 Å². The standard InChI is InChI=1S/C23H29N5O2.HI/c1-4-24-23(25-13-19-10-11-21(29-2)22(12-19)30-3)26-14-20-15-27-28(17-20)16-18-8-6-5-7-9-18;/h5-12,15,17H,4,13-14,16H2,1-3H3,(H2,24,25,26);1H. The smallest absolute Gasteiger partial charge is 0.191 e. The molecule has 0 atom stereocenters. The Morgan fingerprint density at radius 3 is 2.45 bits per heavy atom. The van der Waals surface area contributed by atoms with E-state index in [1.807, 2.05) is 60.4 Å². The van der Waals surface area contributed by atoms with Gasteiger partial charge < -0.3 is 20.1 Å². The molecule has 0 aliphatic carbocycles. The molecule has 0 saturated carbocycles. The molecule has 0 fully saturated rings. The molecule has 3 aromatic rings. The normalized spacial score (nSPS) is 10.9. The summed E-state index contributed by atoms with van der Waals surface area (Å²) in [5, 5.41) is 11.1. The van der Waals surface area contributed by atoms with Gasteiger partial charge in [-0.25, -0.2) is 4.99 Å². The van der Waals surface area contributed by atoms with Crippen LogP contribution in [0.2, 0.25) is 0 Å². The highest BCUT2D eigenvalue weighted by molar-refractivity contribution is 14.0. The summed E-state index contributed by atoms with van der Waals surface area (Å²) >= 11 is 0. The highest BCUT2D eigenvalue weighted by Gasteiger charge is 2.06. The lowest BCUT2D eigenvalue weighted by Crippen LogP contribution is -2.36. The van der Waals surface area contributed by atoms with Crippen LogP contribution in [-0.4, -0.2) is 36.5 Å². The Morgan fingerprint density at radius 1 is 0.968 bits per heavy atom. The number of nitrogens with one attached hydrogen (secondary N) is 2. The van der Waals surface area contributed by atoms with Crippen LogP contribution in [0.3, 0.4) is 0 Å². The number of aliphatic imine (C=N–C) groups is 1. The van der Waals surface area contributed by atoms with Gasteiger partial charge in [0.15, 0.2) is 17.5 Å². The van der Waals surface area contributed by atoms with Gasteiger partial charge in [-0.2, -0.15) is 5.10 Å². The number of nitrogens with zero attached hydrogens (tertiary/aromatic N) is 3. The molecular formula is C23H30IN5O2. The van der Waals surface area contributed by atoms with Crippen LogP contribution < -0.4 is 20.1 Å². The summed E-state index contributed by atoms with van der Waals surface area (Å²) < 4.78 is 12.6. The van der Waals surface area contributed by atoms with Crippen molar-refractivity contribution in [3.05, 3.63) is 77.6 Å². The van der Waals surface area contributed by atoms with Gasteiger partial charge in [-0.3, -0.25) is 4.68 Å². The Morgan fingerprint density at radius 2 is 1.74 bits per heavy atom. The first kappa shape index (κ1) is 24.5. The van der Waals surface area contributed by atoms with Crippen molar-refractivity contribution in [3.63, 3.8) is 0 Å². The minimum absolute atomic E-state index is 0. The van der Waals surface area contributed by atoms with E-state index in [1.54, 1.807) is 14.2 Å². The van der Waals surface area contributed by atoms with Gasteiger partial charge in [0.25, 0.3) is 0 Å². The predicted molar refractivity (Wildman–Crippen MR) is 134 cm³/mol. The van der Waals surface area contributed by atoms with Crippen molar-refractivity contribution in [2.24, 2.45) is 4.99 Å². The molecule has 0 aliphatic rings. The van der Waals surface area contributed by atoms with Crippen LogP contribution in [0.5, 0.6) is 11.5 Å². The Hall–Kier alpha value is -2.75. The zero-order chi connectivity index (χ0) is 21.2. The summed E-state index contributed by atoms with van der Waals surface area (Å²) in [7, 11) is 3.27. The second-order valence-corrected chi connectivity index (χ2v) is 6.77. The molecule has 1 heterocycles. The van der Waals surface area contributed by atoms with Crippen LogP contribution in [0.4, 0.5) is 0 Å². The molecule has 31 heavy (non-hydrogen) atoms. The van der Waals surface area contributed by atoms with Gasteiger partial charge in [-0.05, 0) is 30.2 Å². The molecule has 0 amide bonds. The van der Waals surface area contributed by atoms with Crippen LogP contribution in [0.25, 0.3) is 0 Å². The molecule has 0 radical (unpaired) electrons. The molecular weight excluding hydrogens is 505 g/mol. The van der Waals surface area contributed by atoms with Crippen molar-refractivity contribution in [3.8, 4) is 11.5 Å². The van der Waals surface area contributed by atoms with Crippen LogP contribution in [0, 0.1) is 0 Å². The lowest BCUT2D eigenvalue weighted by atomic mass is 10.2. The Balaban J connectivity index is 0.00000341. The number of rotatable bonds is 9. The predicted octanol–water partition coefficient (Wildman–Crippen LogP) is 3.82. The van der Waals surface area contributed by atoms with Gasteiger partial charge in [0.1, 0.15) is 0 Å². The average Bonchev–Trinajstić information content (AvgIpc) is 3.23. The van der Waals surface area contributed by atoms with Crippen molar-refractivity contribution in [1.82, 2.24) is 20.4 Å². The van der Waals surface area contributed by atoms with Crippen LogP contribution in [0.15, 0.2) is 65.9 Å². The number of halogens is 1. The van der Waals surface area contributed by atoms with Crippen LogP contribution in [0.1, 0.15) is 23.6 Å². The minimum atomic E-state index is 0. The average molecular weight is 535 g/mol. The van der Waals surface area contributed by atoms with E-state index in [0.29, 0.717) is 24.6 Å². The molecule has 3 rings (SSSR count). The Kier molecular flexibility index (Phi) is 10.2. The van der Waals surface area contributed by atoms with E-state index in [4.69, 9.17) is 9.47 Å². The lowest BCUT2D eigenvalue weighted by molar-refractivity contribution is 0.354. The summed E-state index contributed by atoms with van der Waals surface area (Å²) in [6, 6.07) is 16.2. The van der Waals surface area contributed by atoms with Crippen molar-refractivity contribution >= 4 is 29.9 Å². The molecule has 2 N–H and O–H groups in total. The van der Waals surface area contributed by atoms with E-state index in [0.717, 1.165) is 30.2 Å². The van der Waals surface area contributed by atoms with E-state index in [-0.39, 0.29) is 24.0 Å². The molecule has 0 aliphatic heterocycles. The first-order valence-electron chi connectivity index (χ1n) is 10.00. The lowest BCUT2D eigenvalue weighted by Gasteiger charge is -2.13. The summed E-state index contributed by atoms with van der Waals surface area (Å²) in [6.45, 7) is 4.76. The second-order valence-electron chi connectivity index (χ2n) is 6.77. The van der Waals surface area contributed by atoms with Crippen molar-refractivity contribution in [2.75, 3.05) is 20.8 Å². The number of ether oxygens (including phenoxy) is 2. The Labute approximate surface area is 200 Å². The molecule has 7 nitrogen and oxygen atoms in total. The minimum Gasteiger partial charge on any atom is -0.493 e. The first-order chi connectivity index (χ1) is 14.7. The van der Waals surface area contributed by atoms with E-state index in [1.165, 1.54) is 5.56 Å². The van der Waals surface area contributed by atoms with Crippen LogP contribution in [-0.2, 0) is 19.6 Å². The molecule has 1 aromatic heterocycles. The second kappa shape index (κ2) is 12.8. The third-order valence-electron chi connectivity index (χ3n) is 4.55. The van der Waals surface area contributed by atoms with E-state index in [9.17, 15) is 0 Å². The van der Waals surface area contributed by atoms with Gasteiger partial charge in [-0.1, -0.05) is 36.4 Å². The van der Waals surface area contributed by atoms with Crippen molar-refractivity contribution < 1.29 is 9.47 Å². The molecule has 0 bridgehead atoms. The van der Waals surface area contributed by atoms with Crippen molar-refractivity contribution in [2.45, 2.75) is 26.6 Å². The van der Waals surface area contributed by atoms with Crippen LogP contribution >= 0.6 is 24.0 Å². The van der Waals surface area contributed by atoms with Gasteiger partial charge in [0.05, 0.1) is 33.5 Å². The topological polar surface area (TPSA) is 72.7 Å². The maximum Gasteiger partial charge on any atom is 0.191 e. The van der Waals surface area contributed by atoms with E-state index in [2.05, 4.69) is 32.9 Å². The monoisotopic (exact) mass is 535 g/mol. The summed E-state index contributed by atoms with van der Waals surface area (Å²) in [5.41, 5.74) is 3.36.